The summed E-state index contributed by atoms with van der Waals surface area (Å²) >= 11 is 0. The summed E-state index contributed by atoms with van der Waals surface area (Å²) < 4.78 is 15.9. The normalized spacial score (nSPS) is 21.2. The van der Waals surface area contributed by atoms with Gasteiger partial charge in [0.05, 0.1) is 12.3 Å². The molecule has 0 saturated carbocycles. The SMILES string of the molecule is C[C@H](NC(=O)CN1C(=O)N[C@](C)(Cc2ccc3c(c2)OCO3)C1=O)c1ccco1. The fraction of sp³-hybridized carbons (Fsp3) is 0.350. The third-order valence-electron chi connectivity index (χ3n) is 4.99. The van der Waals surface area contributed by atoms with Crippen LogP contribution in [0, 0.1) is 0 Å². The van der Waals surface area contributed by atoms with Crippen LogP contribution >= 0.6 is 0 Å². The first kappa shape index (κ1) is 18.9. The maximum atomic E-state index is 12.9. The van der Waals surface area contributed by atoms with E-state index in [0.29, 0.717) is 17.3 Å². The Bertz CT molecular complexity index is 957. The lowest BCUT2D eigenvalue weighted by molar-refractivity contribution is -0.134. The minimum atomic E-state index is -1.16. The zero-order valence-electron chi connectivity index (χ0n) is 16.1. The zero-order chi connectivity index (χ0) is 20.6. The van der Waals surface area contributed by atoms with Crippen LogP contribution in [0.25, 0.3) is 0 Å². The predicted octanol–water partition coefficient (Wildman–Crippen LogP) is 1.74. The molecule has 0 aliphatic carbocycles. The van der Waals surface area contributed by atoms with Crippen molar-refractivity contribution in [2.45, 2.75) is 31.8 Å². The first-order valence-electron chi connectivity index (χ1n) is 9.21. The van der Waals surface area contributed by atoms with E-state index in [4.69, 9.17) is 13.9 Å². The lowest BCUT2D eigenvalue weighted by atomic mass is 9.92. The molecule has 1 fully saturated rings. The van der Waals surface area contributed by atoms with Crippen molar-refractivity contribution in [3.05, 3.63) is 47.9 Å². The second-order valence-corrected chi connectivity index (χ2v) is 7.32. The summed E-state index contributed by atoms with van der Waals surface area (Å²) in [7, 11) is 0. The highest BCUT2D eigenvalue weighted by Crippen LogP contribution is 2.34. The van der Waals surface area contributed by atoms with Crippen molar-refractivity contribution >= 4 is 17.8 Å². The summed E-state index contributed by atoms with van der Waals surface area (Å²) in [6, 6.07) is 7.85. The molecule has 0 spiro atoms. The highest BCUT2D eigenvalue weighted by Gasteiger charge is 2.48. The fourth-order valence-corrected chi connectivity index (χ4v) is 3.51. The number of imide groups is 1. The largest absolute Gasteiger partial charge is 0.467 e. The molecule has 9 nitrogen and oxygen atoms in total. The molecule has 152 valence electrons. The summed E-state index contributed by atoms with van der Waals surface area (Å²) in [5, 5.41) is 5.42. The van der Waals surface area contributed by atoms with Gasteiger partial charge in [0.1, 0.15) is 17.8 Å². The zero-order valence-corrected chi connectivity index (χ0v) is 16.1. The van der Waals surface area contributed by atoms with Crippen LogP contribution in [0.2, 0.25) is 0 Å². The van der Waals surface area contributed by atoms with Gasteiger partial charge >= 0.3 is 6.03 Å². The Morgan fingerprint density at radius 2 is 2.07 bits per heavy atom. The van der Waals surface area contributed by atoms with Gasteiger partial charge in [0.15, 0.2) is 11.5 Å². The number of ether oxygens (including phenoxy) is 2. The monoisotopic (exact) mass is 399 g/mol. The van der Waals surface area contributed by atoms with Crippen molar-refractivity contribution in [2.24, 2.45) is 0 Å². The minimum absolute atomic E-state index is 0.158. The Hall–Kier alpha value is -3.49. The molecule has 4 amide bonds. The Balaban J connectivity index is 1.41. The van der Waals surface area contributed by atoms with Gasteiger partial charge in [-0.25, -0.2) is 4.79 Å². The number of hydrogen-bond donors (Lipinski definition) is 2. The standard InChI is InChI=1S/C20H21N3O6/c1-12(14-4-3-7-27-14)21-17(24)10-23-18(25)20(2,22-19(23)26)9-13-5-6-15-16(8-13)29-11-28-15/h3-8,12H,9-11H2,1-2H3,(H,21,24)(H,22,26)/t12-,20+/m0/s1. The first-order valence-corrected chi connectivity index (χ1v) is 9.21. The van der Waals surface area contributed by atoms with Crippen LogP contribution in [0.5, 0.6) is 11.5 Å². The van der Waals surface area contributed by atoms with E-state index >= 15 is 0 Å². The molecular formula is C20H21N3O6. The second-order valence-electron chi connectivity index (χ2n) is 7.32. The van der Waals surface area contributed by atoms with Crippen LogP contribution in [0.1, 0.15) is 31.2 Å². The number of nitrogens with zero attached hydrogens (tertiary/aromatic N) is 1. The maximum Gasteiger partial charge on any atom is 0.325 e. The number of furan rings is 1. The lowest BCUT2D eigenvalue weighted by Crippen LogP contribution is -2.47. The van der Waals surface area contributed by atoms with Crippen molar-refractivity contribution in [3.63, 3.8) is 0 Å². The molecule has 3 heterocycles. The molecule has 2 aliphatic rings. The van der Waals surface area contributed by atoms with Gasteiger partial charge in [0, 0.05) is 6.42 Å². The van der Waals surface area contributed by atoms with Crippen molar-refractivity contribution in [3.8, 4) is 11.5 Å². The molecule has 2 aromatic rings. The van der Waals surface area contributed by atoms with Gasteiger partial charge in [-0.15, -0.1) is 0 Å². The van der Waals surface area contributed by atoms with Gasteiger partial charge < -0.3 is 24.5 Å². The lowest BCUT2D eigenvalue weighted by Gasteiger charge is -2.22. The highest BCUT2D eigenvalue weighted by molar-refractivity contribution is 6.09. The van der Waals surface area contributed by atoms with Crippen molar-refractivity contribution in [2.75, 3.05) is 13.3 Å². The van der Waals surface area contributed by atoms with Gasteiger partial charge in [-0.3, -0.25) is 14.5 Å². The maximum absolute atomic E-state index is 12.9. The molecule has 2 N–H and O–H groups in total. The van der Waals surface area contributed by atoms with Gasteiger partial charge in [-0.2, -0.15) is 0 Å². The van der Waals surface area contributed by atoms with E-state index in [0.717, 1.165) is 10.5 Å². The van der Waals surface area contributed by atoms with E-state index in [-0.39, 0.29) is 25.8 Å². The molecule has 0 bridgehead atoms. The number of amides is 4. The van der Waals surface area contributed by atoms with Crippen LogP contribution in [0.3, 0.4) is 0 Å². The quantitative estimate of drug-likeness (QED) is 0.716. The molecule has 1 aromatic carbocycles. The average molecular weight is 399 g/mol. The molecule has 1 aromatic heterocycles. The van der Waals surface area contributed by atoms with E-state index in [1.54, 1.807) is 38.1 Å². The molecule has 0 radical (unpaired) electrons. The molecule has 2 aliphatic heterocycles. The van der Waals surface area contributed by atoms with Crippen LogP contribution in [-0.2, 0) is 16.0 Å². The number of hydrogen-bond acceptors (Lipinski definition) is 6. The highest BCUT2D eigenvalue weighted by atomic mass is 16.7. The summed E-state index contributed by atoms with van der Waals surface area (Å²) in [6.07, 6.45) is 1.77. The molecular weight excluding hydrogens is 378 g/mol. The molecule has 2 atom stereocenters. The summed E-state index contributed by atoms with van der Waals surface area (Å²) in [5.41, 5.74) is -0.347. The van der Waals surface area contributed by atoms with Gasteiger partial charge in [0.2, 0.25) is 12.7 Å². The minimum Gasteiger partial charge on any atom is -0.467 e. The van der Waals surface area contributed by atoms with Crippen LogP contribution in [0.4, 0.5) is 4.79 Å². The smallest absolute Gasteiger partial charge is 0.325 e. The van der Waals surface area contributed by atoms with Crippen molar-refractivity contribution < 1.29 is 28.3 Å². The fourth-order valence-electron chi connectivity index (χ4n) is 3.51. The second kappa shape index (κ2) is 7.16. The summed E-state index contributed by atoms with van der Waals surface area (Å²) in [4.78, 5) is 38.6. The van der Waals surface area contributed by atoms with E-state index in [1.807, 2.05) is 6.07 Å². The van der Waals surface area contributed by atoms with E-state index in [2.05, 4.69) is 10.6 Å². The Kier molecular flexibility index (Phi) is 4.65. The molecule has 1 saturated heterocycles. The third-order valence-corrected chi connectivity index (χ3v) is 4.99. The number of nitrogens with one attached hydrogen (secondary N) is 2. The van der Waals surface area contributed by atoms with Crippen LogP contribution in [-0.4, -0.2) is 41.6 Å². The van der Waals surface area contributed by atoms with E-state index < -0.39 is 23.4 Å². The van der Waals surface area contributed by atoms with Gasteiger partial charge in [-0.05, 0) is 43.7 Å². The predicted molar refractivity (Wildman–Crippen MR) is 100 cm³/mol. The number of fused-ring (bicyclic) bond motifs is 1. The molecule has 29 heavy (non-hydrogen) atoms. The number of carbonyl (C=O) groups excluding carboxylic acids is 3. The molecule has 9 heteroatoms. The molecule has 4 rings (SSSR count). The first-order chi connectivity index (χ1) is 13.9. The van der Waals surface area contributed by atoms with Crippen LogP contribution < -0.4 is 20.1 Å². The Labute approximate surface area is 166 Å². The Morgan fingerprint density at radius 3 is 2.83 bits per heavy atom. The number of urea groups is 1. The van der Waals surface area contributed by atoms with Crippen molar-refractivity contribution in [1.82, 2.24) is 15.5 Å². The average Bonchev–Trinajstić information content (AvgIpc) is 3.39. The van der Waals surface area contributed by atoms with Crippen LogP contribution in [0.15, 0.2) is 41.0 Å². The number of benzene rings is 1. The van der Waals surface area contributed by atoms with Gasteiger partial charge in [0.25, 0.3) is 5.91 Å². The summed E-state index contributed by atoms with van der Waals surface area (Å²) in [5.74, 6) is 0.921. The van der Waals surface area contributed by atoms with E-state index in [1.165, 1.54) is 6.26 Å². The topological polar surface area (TPSA) is 110 Å². The number of rotatable bonds is 6. The third kappa shape index (κ3) is 3.63. The number of carbonyl (C=O) groups is 3. The summed E-state index contributed by atoms with van der Waals surface area (Å²) in [6.45, 7) is 3.19. The van der Waals surface area contributed by atoms with E-state index in [9.17, 15) is 14.4 Å². The van der Waals surface area contributed by atoms with Gasteiger partial charge in [-0.1, -0.05) is 6.07 Å². The Morgan fingerprint density at radius 1 is 1.28 bits per heavy atom. The van der Waals surface area contributed by atoms with Crippen molar-refractivity contribution in [1.29, 1.82) is 0 Å². The molecule has 0 unspecified atom stereocenters.